The van der Waals surface area contributed by atoms with Gasteiger partial charge >= 0.3 is 0 Å². The number of anilines is 1. The molecule has 4 heteroatoms. The number of aromatic nitrogens is 1. The third kappa shape index (κ3) is 2.22. The smallest absolute Gasteiger partial charge is 0.161 e. The topological polar surface area (TPSA) is 57.4 Å². The van der Waals surface area contributed by atoms with Crippen LogP contribution in [0.3, 0.4) is 0 Å². The van der Waals surface area contributed by atoms with Crippen molar-refractivity contribution in [1.29, 1.82) is 0 Å². The van der Waals surface area contributed by atoms with Crippen molar-refractivity contribution in [2.45, 2.75) is 6.92 Å². The minimum atomic E-state index is 0.507. The van der Waals surface area contributed by atoms with Crippen molar-refractivity contribution in [3.8, 4) is 22.6 Å². The number of benzene rings is 1. The Balaban J connectivity index is 2.54. The third-order valence-electron chi connectivity index (χ3n) is 2.75. The molecule has 4 nitrogen and oxygen atoms in total. The minimum absolute atomic E-state index is 0.507. The lowest BCUT2D eigenvalue weighted by atomic mass is 10.0. The molecule has 0 atom stereocenters. The molecule has 0 bridgehead atoms. The van der Waals surface area contributed by atoms with Gasteiger partial charge in [0.25, 0.3) is 0 Å². The largest absolute Gasteiger partial charge is 0.493 e. The fourth-order valence-electron chi connectivity index (χ4n) is 1.81. The van der Waals surface area contributed by atoms with Crippen molar-refractivity contribution >= 4 is 5.82 Å². The zero-order chi connectivity index (χ0) is 13.1. The van der Waals surface area contributed by atoms with Crippen LogP contribution < -0.4 is 15.2 Å². The highest BCUT2D eigenvalue weighted by molar-refractivity contribution is 5.76. The van der Waals surface area contributed by atoms with Crippen LogP contribution in [0.4, 0.5) is 5.82 Å². The van der Waals surface area contributed by atoms with E-state index in [-0.39, 0.29) is 0 Å². The first-order valence-electron chi connectivity index (χ1n) is 5.60. The van der Waals surface area contributed by atoms with Crippen LogP contribution in [0.5, 0.6) is 11.5 Å². The van der Waals surface area contributed by atoms with Crippen molar-refractivity contribution in [3.05, 3.63) is 36.0 Å². The Labute approximate surface area is 106 Å². The molecule has 1 heterocycles. The maximum absolute atomic E-state index is 5.90. The molecule has 2 aromatic rings. The fraction of sp³-hybridized carbons (Fsp3) is 0.214. The van der Waals surface area contributed by atoms with E-state index in [9.17, 15) is 0 Å². The van der Waals surface area contributed by atoms with E-state index in [1.807, 2.05) is 31.2 Å². The van der Waals surface area contributed by atoms with Crippen LogP contribution in [-0.2, 0) is 0 Å². The van der Waals surface area contributed by atoms with E-state index in [1.165, 1.54) is 0 Å². The first kappa shape index (κ1) is 12.2. The predicted octanol–water partition coefficient (Wildman–Crippen LogP) is 2.66. The van der Waals surface area contributed by atoms with Crippen molar-refractivity contribution in [2.24, 2.45) is 0 Å². The molecule has 0 aliphatic carbocycles. The van der Waals surface area contributed by atoms with Gasteiger partial charge in [0.05, 0.1) is 14.2 Å². The van der Waals surface area contributed by atoms with Crippen LogP contribution in [0.25, 0.3) is 11.1 Å². The van der Waals surface area contributed by atoms with Crippen molar-refractivity contribution < 1.29 is 9.47 Å². The van der Waals surface area contributed by atoms with Gasteiger partial charge < -0.3 is 15.2 Å². The van der Waals surface area contributed by atoms with Gasteiger partial charge in [-0.25, -0.2) is 4.98 Å². The second kappa shape index (κ2) is 4.96. The van der Waals surface area contributed by atoms with Gasteiger partial charge in [-0.15, -0.1) is 0 Å². The lowest BCUT2D eigenvalue weighted by Gasteiger charge is -2.11. The van der Waals surface area contributed by atoms with E-state index < -0.39 is 0 Å². The number of hydrogen-bond acceptors (Lipinski definition) is 4. The predicted molar refractivity (Wildman–Crippen MR) is 71.9 cm³/mol. The van der Waals surface area contributed by atoms with E-state index in [2.05, 4.69) is 4.98 Å². The van der Waals surface area contributed by atoms with Gasteiger partial charge in [-0.1, -0.05) is 6.07 Å². The summed E-state index contributed by atoms with van der Waals surface area (Å²) in [5.74, 6) is 1.88. The molecule has 0 saturated carbocycles. The molecule has 1 aromatic carbocycles. The number of nitrogens with two attached hydrogens (primary N) is 1. The van der Waals surface area contributed by atoms with Crippen molar-refractivity contribution in [2.75, 3.05) is 20.0 Å². The van der Waals surface area contributed by atoms with Crippen LogP contribution in [0.2, 0.25) is 0 Å². The Morgan fingerprint density at radius 2 is 1.78 bits per heavy atom. The van der Waals surface area contributed by atoms with Crippen molar-refractivity contribution in [1.82, 2.24) is 4.98 Å². The van der Waals surface area contributed by atoms with Crippen LogP contribution in [0, 0.1) is 6.92 Å². The molecule has 0 unspecified atom stereocenters. The summed E-state index contributed by atoms with van der Waals surface area (Å²) in [4.78, 5) is 4.16. The molecule has 0 saturated heterocycles. The maximum atomic E-state index is 5.90. The van der Waals surface area contributed by atoms with E-state index in [1.54, 1.807) is 20.4 Å². The summed E-state index contributed by atoms with van der Waals surface area (Å²) in [6, 6.07) is 7.69. The zero-order valence-electron chi connectivity index (χ0n) is 10.7. The standard InChI is InChI=1S/C14H16N2O2/c1-9-6-11(14(15)16-8-9)10-4-5-12(17-2)13(7-10)18-3/h4-8H,1-3H3,(H2,15,16). The van der Waals surface area contributed by atoms with E-state index in [0.717, 1.165) is 16.7 Å². The van der Waals surface area contributed by atoms with Gasteiger partial charge in [0.1, 0.15) is 5.82 Å². The molecule has 1 aromatic heterocycles. The first-order valence-corrected chi connectivity index (χ1v) is 5.60. The van der Waals surface area contributed by atoms with E-state index >= 15 is 0 Å². The second-order valence-corrected chi connectivity index (χ2v) is 4.02. The molecule has 2 N–H and O–H groups in total. The highest BCUT2D eigenvalue weighted by Crippen LogP contribution is 2.34. The van der Waals surface area contributed by atoms with Crippen LogP contribution in [0.1, 0.15) is 5.56 Å². The summed E-state index contributed by atoms with van der Waals surface area (Å²) >= 11 is 0. The van der Waals surface area contributed by atoms with Gasteiger partial charge in [0.2, 0.25) is 0 Å². The molecular weight excluding hydrogens is 228 g/mol. The summed E-state index contributed by atoms with van der Waals surface area (Å²) in [6.45, 7) is 1.98. The molecule has 0 radical (unpaired) electrons. The van der Waals surface area contributed by atoms with Crippen molar-refractivity contribution in [3.63, 3.8) is 0 Å². The Morgan fingerprint density at radius 3 is 2.44 bits per heavy atom. The highest BCUT2D eigenvalue weighted by atomic mass is 16.5. The Bertz CT molecular complexity index is 568. The number of hydrogen-bond donors (Lipinski definition) is 1. The number of ether oxygens (including phenoxy) is 2. The molecule has 0 aliphatic heterocycles. The van der Waals surface area contributed by atoms with Crippen LogP contribution >= 0.6 is 0 Å². The molecule has 0 aliphatic rings. The summed E-state index contributed by atoms with van der Waals surface area (Å²) < 4.78 is 10.5. The zero-order valence-corrected chi connectivity index (χ0v) is 10.7. The average molecular weight is 244 g/mol. The highest BCUT2D eigenvalue weighted by Gasteiger charge is 2.09. The second-order valence-electron chi connectivity index (χ2n) is 4.02. The first-order chi connectivity index (χ1) is 8.65. The lowest BCUT2D eigenvalue weighted by molar-refractivity contribution is 0.355. The lowest BCUT2D eigenvalue weighted by Crippen LogP contribution is -1.96. The SMILES string of the molecule is COc1ccc(-c2cc(C)cnc2N)cc1OC. The monoisotopic (exact) mass is 244 g/mol. The molecule has 18 heavy (non-hydrogen) atoms. The summed E-state index contributed by atoms with van der Waals surface area (Å²) in [7, 11) is 3.22. The number of nitrogen functional groups attached to an aromatic ring is 1. The molecule has 0 fully saturated rings. The van der Waals surface area contributed by atoms with Gasteiger partial charge in [-0.2, -0.15) is 0 Å². The Hall–Kier alpha value is -2.23. The summed E-state index contributed by atoms with van der Waals surface area (Å²) in [6.07, 6.45) is 1.75. The summed E-state index contributed by atoms with van der Waals surface area (Å²) in [5.41, 5.74) is 8.82. The number of aryl methyl sites for hydroxylation is 1. The molecule has 94 valence electrons. The van der Waals surface area contributed by atoms with Gasteiger partial charge in [0, 0.05) is 11.8 Å². The molecular formula is C14H16N2O2. The maximum Gasteiger partial charge on any atom is 0.161 e. The summed E-state index contributed by atoms with van der Waals surface area (Å²) in [5, 5.41) is 0. The molecule has 2 rings (SSSR count). The van der Waals surface area contributed by atoms with Crippen LogP contribution in [-0.4, -0.2) is 19.2 Å². The Kier molecular flexibility index (Phi) is 3.37. The molecule has 0 amide bonds. The van der Waals surface area contributed by atoms with E-state index in [4.69, 9.17) is 15.2 Å². The number of rotatable bonds is 3. The molecule has 0 spiro atoms. The average Bonchev–Trinajstić information content (AvgIpc) is 2.40. The fourth-order valence-corrected chi connectivity index (χ4v) is 1.81. The number of pyridine rings is 1. The minimum Gasteiger partial charge on any atom is -0.493 e. The number of methoxy groups -OCH3 is 2. The van der Waals surface area contributed by atoms with Gasteiger partial charge in [-0.05, 0) is 36.2 Å². The quantitative estimate of drug-likeness (QED) is 0.901. The normalized spacial score (nSPS) is 10.2. The van der Waals surface area contributed by atoms with Gasteiger partial charge in [0.15, 0.2) is 11.5 Å². The van der Waals surface area contributed by atoms with Gasteiger partial charge in [-0.3, -0.25) is 0 Å². The Morgan fingerprint density at radius 1 is 1.06 bits per heavy atom. The number of nitrogens with zero attached hydrogens (tertiary/aromatic N) is 1. The van der Waals surface area contributed by atoms with E-state index in [0.29, 0.717) is 17.3 Å². The van der Waals surface area contributed by atoms with Crippen LogP contribution in [0.15, 0.2) is 30.5 Å². The third-order valence-corrected chi connectivity index (χ3v) is 2.75.